The molecule has 1 saturated heterocycles. The second-order valence-electron chi connectivity index (χ2n) is 8.58. The fourth-order valence-electron chi connectivity index (χ4n) is 3.59. The molecule has 1 aromatic rings. The average molecular weight is 388 g/mol. The van der Waals surface area contributed by atoms with Crippen molar-refractivity contribution in [2.24, 2.45) is 5.41 Å². The highest BCUT2D eigenvalue weighted by Crippen LogP contribution is 2.43. The largest absolute Gasteiger partial charge is 0.469 e. The van der Waals surface area contributed by atoms with Gasteiger partial charge in [-0.15, -0.1) is 0 Å². The summed E-state index contributed by atoms with van der Waals surface area (Å²) in [5.74, 6) is -0.236. The maximum Gasteiger partial charge on any atom is 0.306 e. The summed E-state index contributed by atoms with van der Waals surface area (Å²) in [5, 5.41) is 0. The number of benzene rings is 1. The summed E-state index contributed by atoms with van der Waals surface area (Å²) in [6.07, 6.45) is 2.43. The Morgan fingerprint density at radius 1 is 1.14 bits per heavy atom. The standard InChI is InChI=1S/C23H33NO4/c1-18(15-19-9-7-6-8-10-19)23(16-21(26)27-5)11-13-24(14-12-23)20(25)17-28-22(2,3)4/h6-10H,1,11-17H2,2-5H3. The molecule has 1 amide bonds. The van der Waals surface area contributed by atoms with E-state index in [1.165, 1.54) is 12.7 Å². The van der Waals surface area contributed by atoms with Crippen molar-refractivity contribution in [3.8, 4) is 0 Å². The minimum absolute atomic E-state index is 0.00438. The maximum atomic E-state index is 12.5. The highest BCUT2D eigenvalue weighted by molar-refractivity contribution is 5.77. The zero-order valence-electron chi connectivity index (χ0n) is 17.6. The topological polar surface area (TPSA) is 55.8 Å². The number of hydrogen-bond donors (Lipinski definition) is 0. The lowest BCUT2D eigenvalue weighted by Crippen LogP contribution is -2.46. The van der Waals surface area contributed by atoms with Gasteiger partial charge in [-0.05, 0) is 45.6 Å². The van der Waals surface area contributed by atoms with Gasteiger partial charge in [0.05, 0.1) is 19.1 Å². The summed E-state index contributed by atoms with van der Waals surface area (Å²) in [6.45, 7) is 11.4. The van der Waals surface area contributed by atoms with E-state index in [-0.39, 0.29) is 29.5 Å². The first-order valence-corrected chi connectivity index (χ1v) is 9.86. The first-order chi connectivity index (χ1) is 13.1. The Hall–Kier alpha value is -2.14. The van der Waals surface area contributed by atoms with Gasteiger partial charge in [0.2, 0.25) is 5.91 Å². The lowest BCUT2D eigenvalue weighted by molar-refractivity contribution is -0.146. The molecular weight excluding hydrogens is 354 g/mol. The molecule has 1 aliphatic rings. The predicted octanol–water partition coefficient (Wildman–Crippen LogP) is 3.77. The minimum atomic E-state index is -0.343. The molecule has 5 nitrogen and oxygen atoms in total. The fraction of sp³-hybridized carbons (Fsp3) is 0.565. The van der Waals surface area contributed by atoms with Crippen LogP contribution in [-0.4, -0.2) is 49.2 Å². The van der Waals surface area contributed by atoms with Crippen molar-refractivity contribution >= 4 is 11.9 Å². The van der Waals surface area contributed by atoms with Crippen LogP contribution in [0.2, 0.25) is 0 Å². The van der Waals surface area contributed by atoms with Gasteiger partial charge in [-0.25, -0.2) is 0 Å². The molecular formula is C23H33NO4. The van der Waals surface area contributed by atoms with E-state index in [0.29, 0.717) is 32.4 Å². The molecule has 0 aliphatic carbocycles. The Labute approximate surface area is 168 Å². The van der Waals surface area contributed by atoms with Crippen LogP contribution >= 0.6 is 0 Å². The number of carbonyl (C=O) groups excluding carboxylic acids is 2. The van der Waals surface area contributed by atoms with E-state index in [0.717, 1.165) is 12.0 Å². The summed E-state index contributed by atoms with van der Waals surface area (Å²) in [4.78, 5) is 26.4. The van der Waals surface area contributed by atoms with E-state index in [9.17, 15) is 9.59 Å². The van der Waals surface area contributed by atoms with Crippen LogP contribution < -0.4 is 0 Å². The van der Waals surface area contributed by atoms with E-state index in [1.54, 1.807) is 0 Å². The molecule has 0 radical (unpaired) electrons. The molecule has 28 heavy (non-hydrogen) atoms. The molecule has 0 spiro atoms. The molecule has 0 bridgehead atoms. The molecule has 2 rings (SSSR count). The van der Waals surface area contributed by atoms with Gasteiger partial charge in [0.25, 0.3) is 0 Å². The minimum Gasteiger partial charge on any atom is -0.469 e. The monoisotopic (exact) mass is 387 g/mol. The van der Waals surface area contributed by atoms with Crippen molar-refractivity contribution in [2.45, 2.75) is 52.1 Å². The molecule has 0 atom stereocenters. The number of nitrogens with zero attached hydrogens (tertiary/aromatic N) is 1. The molecule has 1 fully saturated rings. The van der Waals surface area contributed by atoms with Crippen molar-refractivity contribution in [3.05, 3.63) is 48.0 Å². The third-order valence-electron chi connectivity index (χ3n) is 5.42. The number of likely N-dealkylation sites (tertiary alicyclic amines) is 1. The van der Waals surface area contributed by atoms with Crippen LogP contribution in [0.25, 0.3) is 0 Å². The van der Waals surface area contributed by atoms with Crippen LogP contribution in [0.5, 0.6) is 0 Å². The van der Waals surface area contributed by atoms with Gasteiger partial charge in [-0.1, -0.05) is 42.5 Å². The van der Waals surface area contributed by atoms with Gasteiger partial charge < -0.3 is 14.4 Å². The molecule has 1 aliphatic heterocycles. The Morgan fingerprint density at radius 3 is 2.29 bits per heavy atom. The maximum absolute atomic E-state index is 12.5. The Kier molecular flexibility index (Phi) is 7.41. The molecule has 154 valence electrons. The van der Waals surface area contributed by atoms with Crippen LogP contribution in [0.15, 0.2) is 42.5 Å². The Morgan fingerprint density at radius 2 is 1.75 bits per heavy atom. The molecule has 5 heteroatoms. The first-order valence-electron chi connectivity index (χ1n) is 9.86. The van der Waals surface area contributed by atoms with Crippen LogP contribution in [0.4, 0.5) is 0 Å². The lowest BCUT2D eigenvalue weighted by atomic mass is 9.69. The van der Waals surface area contributed by atoms with Crippen molar-refractivity contribution < 1.29 is 19.1 Å². The molecule has 1 heterocycles. The van der Waals surface area contributed by atoms with Gasteiger partial charge in [-0.2, -0.15) is 0 Å². The average Bonchev–Trinajstić information content (AvgIpc) is 2.66. The number of allylic oxidation sites excluding steroid dienone is 1. The molecule has 0 N–H and O–H groups in total. The number of ether oxygens (including phenoxy) is 2. The third kappa shape index (κ3) is 6.20. The van der Waals surface area contributed by atoms with Crippen LogP contribution in [0, 0.1) is 5.41 Å². The second-order valence-corrected chi connectivity index (χ2v) is 8.58. The Balaban J connectivity index is 2.05. The highest BCUT2D eigenvalue weighted by atomic mass is 16.5. The molecule has 1 aromatic carbocycles. The highest BCUT2D eigenvalue weighted by Gasteiger charge is 2.40. The van der Waals surface area contributed by atoms with Crippen LogP contribution in [0.1, 0.15) is 45.6 Å². The number of piperidine rings is 1. The summed E-state index contributed by atoms with van der Waals surface area (Å²) < 4.78 is 10.6. The van der Waals surface area contributed by atoms with Crippen LogP contribution in [-0.2, 0) is 25.5 Å². The van der Waals surface area contributed by atoms with Crippen molar-refractivity contribution in [2.75, 3.05) is 26.8 Å². The zero-order valence-corrected chi connectivity index (χ0v) is 17.6. The van der Waals surface area contributed by atoms with E-state index in [1.807, 2.05) is 43.9 Å². The van der Waals surface area contributed by atoms with Gasteiger partial charge in [0.15, 0.2) is 0 Å². The third-order valence-corrected chi connectivity index (χ3v) is 5.42. The summed E-state index contributed by atoms with van der Waals surface area (Å²) in [6, 6.07) is 10.1. The molecule has 0 aromatic heterocycles. The normalized spacial score (nSPS) is 16.5. The Bertz CT molecular complexity index is 682. The number of amides is 1. The van der Waals surface area contributed by atoms with E-state index in [2.05, 4.69) is 18.7 Å². The SMILES string of the molecule is C=C(Cc1ccccc1)C1(CC(=O)OC)CCN(C(=O)COC(C)(C)C)CC1. The second kappa shape index (κ2) is 9.37. The molecule has 0 saturated carbocycles. The van der Waals surface area contributed by atoms with Gasteiger partial charge in [-0.3, -0.25) is 9.59 Å². The quantitative estimate of drug-likeness (QED) is 0.528. The smallest absolute Gasteiger partial charge is 0.306 e. The van der Waals surface area contributed by atoms with Crippen LogP contribution in [0.3, 0.4) is 0 Å². The lowest BCUT2D eigenvalue weighted by Gasteiger charge is -2.43. The number of esters is 1. The van der Waals surface area contributed by atoms with Crippen molar-refractivity contribution in [3.63, 3.8) is 0 Å². The van der Waals surface area contributed by atoms with Gasteiger partial charge in [0, 0.05) is 18.5 Å². The summed E-state index contributed by atoms with van der Waals surface area (Å²) >= 11 is 0. The van der Waals surface area contributed by atoms with Gasteiger partial charge >= 0.3 is 5.97 Å². The summed E-state index contributed by atoms with van der Waals surface area (Å²) in [5.41, 5.74) is 1.52. The van der Waals surface area contributed by atoms with E-state index < -0.39 is 0 Å². The van der Waals surface area contributed by atoms with Crippen molar-refractivity contribution in [1.29, 1.82) is 0 Å². The number of methoxy groups -OCH3 is 1. The fourth-order valence-corrected chi connectivity index (χ4v) is 3.59. The van der Waals surface area contributed by atoms with Crippen molar-refractivity contribution in [1.82, 2.24) is 4.90 Å². The van der Waals surface area contributed by atoms with E-state index in [4.69, 9.17) is 9.47 Å². The summed E-state index contributed by atoms with van der Waals surface area (Å²) in [7, 11) is 1.42. The number of carbonyl (C=O) groups is 2. The number of hydrogen-bond acceptors (Lipinski definition) is 4. The van der Waals surface area contributed by atoms with E-state index >= 15 is 0 Å². The predicted molar refractivity (Wildman–Crippen MR) is 110 cm³/mol. The number of rotatable bonds is 7. The van der Waals surface area contributed by atoms with Gasteiger partial charge in [0.1, 0.15) is 6.61 Å². The molecule has 0 unspecified atom stereocenters. The zero-order chi connectivity index (χ0) is 20.8. The first kappa shape index (κ1) is 22.2.